The Morgan fingerprint density at radius 2 is 1.67 bits per heavy atom. The van der Waals surface area contributed by atoms with Crippen LogP contribution in [0.2, 0.25) is 0 Å². The molecule has 0 saturated carbocycles. The fourth-order valence-electron chi connectivity index (χ4n) is 2.24. The molecule has 1 N–H and O–H groups in total. The summed E-state index contributed by atoms with van der Waals surface area (Å²) in [5.74, 6) is -0.174. The van der Waals surface area contributed by atoms with Crippen LogP contribution in [-0.2, 0) is 19.6 Å². The first kappa shape index (κ1) is 16.1. The van der Waals surface area contributed by atoms with Gasteiger partial charge in [0.1, 0.15) is 5.82 Å². The smallest absolute Gasteiger partial charge is 0.127 e. The van der Waals surface area contributed by atoms with Crippen LogP contribution in [0, 0.1) is 5.82 Å². The van der Waals surface area contributed by atoms with E-state index < -0.39 is 0 Å². The van der Waals surface area contributed by atoms with E-state index >= 15 is 0 Å². The highest BCUT2D eigenvalue weighted by Gasteiger charge is 2.05. The molecule has 0 atom stereocenters. The maximum atomic E-state index is 13.7. The van der Waals surface area contributed by atoms with Gasteiger partial charge in [-0.05, 0) is 43.4 Å². The molecule has 0 saturated heterocycles. The van der Waals surface area contributed by atoms with Gasteiger partial charge < -0.3 is 10.2 Å². The maximum absolute atomic E-state index is 13.7. The van der Waals surface area contributed by atoms with Crippen LogP contribution in [0.1, 0.15) is 16.7 Å². The summed E-state index contributed by atoms with van der Waals surface area (Å²) in [5.41, 5.74) is 3.22. The summed E-state index contributed by atoms with van der Waals surface area (Å²) in [7, 11) is 4.11. The first-order chi connectivity index (χ1) is 10.1. The number of hydrogen-bond acceptors (Lipinski definition) is 2. The van der Waals surface area contributed by atoms with Crippen molar-refractivity contribution in [3.05, 3.63) is 69.4 Å². The number of benzene rings is 2. The molecule has 2 rings (SSSR count). The lowest BCUT2D eigenvalue weighted by Gasteiger charge is -2.15. The van der Waals surface area contributed by atoms with Crippen molar-refractivity contribution in [2.24, 2.45) is 0 Å². The molecule has 112 valence electrons. The second kappa shape index (κ2) is 7.69. The minimum absolute atomic E-state index is 0.174. The number of rotatable bonds is 6. The predicted octanol–water partition coefficient (Wildman–Crippen LogP) is 3.94. The Morgan fingerprint density at radius 1 is 1.00 bits per heavy atom. The molecule has 0 fully saturated rings. The predicted molar refractivity (Wildman–Crippen MR) is 88.5 cm³/mol. The van der Waals surface area contributed by atoms with Gasteiger partial charge in [0.05, 0.1) is 0 Å². The minimum atomic E-state index is -0.174. The van der Waals surface area contributed by atoms with Gasteiger partial charge in [0.15, 0.2) is 0 Å². The Hall–Kier alpha value is -1.23. The lowest BCUT2D eigenvalue weighted by atomic mass is 10.1. The highest BCUT2D eigenvalue weighted by Crippen LogP contribution is 2.16. The van der Waals surface area contributed by atoms with Gasteiger partial charge in [0.2, 0.25) is 0 Å². The van der Waals surface area contributed by atoms with Gasteiger partial charge in [-0.1, -0.05) is 40.2 Å². The van der Waals surface area contributed by atoms with Crippen molar-refractivity contribution >= 4 is 15.9 Å². The molecule has 0 aliphatic carbocycles. The molecule has 0 heterocycles. The largest absolute Gasteiger partial charge is 0.308 e. The molecular weight excluding hydrogens is 331 g/mol. The van der Waals surface area contributed by atoms with Crippen molar-refractivity contribution in [1.29, 1.82) is 0 Å². The van der Waals surface area contributed by atoms with E-state index in [1.54, 1.807) is 6.07 Å². The Labute approximate surface area is 134 Å². The molecule has 0 aromatic heterocycles. The van der Waals surface area contributed by atoms with Gasteiger partial charge in [0.25, 0.3) is 0 Å². The van der Waals surface area contributed by atoms with Gasteiger partial charge in [-0.25, -0.2) is 4.39 Å². The first-order valence-electron chi connectivity index (χ1n) is 6.92. The molecule has 0 bridgehead atoms. The van der Waals surface area contributed by atoms with Crippen LogP contribution >= 0.6 is 15.9 Å². The number of hydrogen-bond donors (Lipinski definition) is 1. The van der Waals surface area contributed by atoms with Crippen LogP contribution in [-0.4, -0.2) is 19.0 Å². The number of nitrogens with zero attached hydrogens (tertiary/aromatic N) is 1. The van der Waals surface area contributed by atoms with Crippen LogP contribution in [0.3, 0.4) is 0 Å². The molecule has 0 spiro atoms. The lowest BCUT2D eigenvalue weighted by Crippen LogP contribution is -2.17. The minimum Gasteiger partial charge on any atom is -0.308 e. The summed E-state index contributed by atoms with van der Waals surface area (Å²) < 4.78 is 14.6. The van der Waals surface area contributed by atoms with E-state index in [1.165, 1.54) is 17.2 Å². The fourth-order valence-corrected chi connectivity index (χ4v) is 2.64. The lowest BCUT2D eigenvalue weighted by molar-refractivity contribution is 0.400. The second-order valence-electron chi connectivity index (χ2n) is 5.35. The molecular formula is C17H20BrFN2. The third-order valence-electron chi connectivity index (χ3n) is 3.24. The van der Waals surface area contributed by atoms with Gasteiger partial charge in [-0.3, -0.25) is 0 Å². The van der Waals surface area contributed by atoms with Gasteiger partial charge in [-0.2, -0.15) is 0 Å². The normalized spacial score (nSPS) is 11.1. The molecule has 0 aliphatic rings. The monoisotopic (exact) mass is 350 g/mol. The summed E-state index contributed by atoms with van der Waals surface area (Å²) in [6.07, 6.45) is 0. The Kier molecular flexibility index (Phi) is 5.91. The van der Waals surface area contributed by atoms with Crippen LogP contribution in [0.5, 0.6) is 0 Å². The van der Waals surface area contributed by atoms with Crippen molar-refractivity contribution in [2.75, 3.05) is 14.1 Å². The summed E-state index contributed by atoms with van der Waals surface area (Å²) in [6, 6.07) is 13.4. The van der Waals surface area contributed by atoms with E-state index in [-0.39, 0.29) is 5.82 Å². The van der Waals surface area contributed by atoms with Crippen LogP contribution < -0.4 is 5.32 Å². The number of halogens is 2. The average molecular weight is 351 g/mol. The molecule has 0 amide bonds. The van der Waals surface area contributed by atoms with Gasteiger partial charge in [0, 0.05) is 29.7 Å². The van der Waals surface area contributed by atoms with Crippen LogP contribution in [0.4, 0.5) is 4.39 Å². The Bertz CT molecular complexity index is 599. The highest BCUT2D eigenvalue weighted by molar-refractivity contribution is 9.10. The summed E-state index contributed by atoms with van der Waals surface area (Å²) in [5, 5.41) is 3.32. The van der Waals surface area contributed by atoms with Gasteiger partial charge in [-0.15, -0.1) is 0 Å². The molecule has 0 unspecified atom stereocenters. The fraction of sp³-hybridized carbons (Fsp3) is 0.294. The zero-order valence-corrected chi connectivity index (χ0v) is 14.0. The van der Waals surface area contributed by atoms with Crippen molar-refractivity contribution in [3.8, 4) is 0 Å². The molecule has 2 aromatic rings. The maximum Gasteiger partial charge on any atom is 0.127 e. The molecule has 0 aliphatic heterocycles. The van der Waals surface area contributed by atoms with Crippen molar-refractivity contribution in [1.82, 2.24) is 10.2 Å². The average Bonchev–Trinajstić information content (AvgIpc) is 2.44. The number of nitrogens with one attached hydrogen (secondary N) is 1. The van der Waals surface area contributed by atoms with Crippen molar-refractivity contribution in [3.63, 3.8) is 0 Å². The quantitative estimate of drug-likeness (QED) is 0.848. The third kappa shape index (κ3) is 4.92. The first-order valence-corrected chi connectivity index (χ1v) is 7.71. The molecule has 2 nitrogen and oxygen atoms in total. The molecule has 0 radical (unpaired) electrons. The highest BCUT2D eigenvalue weighted by atomic mass is 79.9. The summed E-state index contributed by atoms with van der Waals surface area (Å²) >= 11 is 3.37. The standard InChI is InChI=1S/C17H20BrFN2/c1-21(2)12-14-6-4-3-5-13(14)10-20-11-15-9-16(18)7-8-17(15)19/h3-9,20H,10-12H2,1-2H3. The van der Waals surface area contributed by atoms with E-state index in [1.807, 2.05) is 12.1 Å². The zero-order chi connectivity index (χ0) is 15.2. The SMILES string of the molecule is CN(C)Cc1ccccc1CNCc1cc(Br)ccc1F. The van der Waals surface area contributed by atoms with E-state index in [4.69, 9.17) is 0 Å². The molecule has 2 aromatic carbocycles. The summed E-state index contributed by atoms with van der Waals surface area (Å²) in [4.78, 5) is 2.15. The van der Waals surface area contributed by atoms with E-state index in [0.29, 0.717) is 12.1 Å². The van der Waals surface area contributed by atoms with E-state index in [9.17, 15) is 4.39 Å². The third-order valence-corrected chi connectivity index (χ3v) is 3.74. The van der Waals surface area contributed by atoms with Crippen LogP contribution in [0.15, 0.2) is 46.9 Å². The Morgan fingerprint density at radius 3 is 2.38 bits per heavy atom. The van der Waals surface area contributed by atoms with Crippen molar-refractivity contribution in [2.45, 2.75) is 19.6 Å². The molecule has 21 heavy (non-hydrogen) atoms. The van der Waals surface area contributed by atoms with E-state index in [2.05, 4.69) is 58.4 Å². The van der Waals surface area contributed by atoms with Gasteiger partial charge >= 0.3 is 0 Å². The second-order valence-corrected chi connectivity index (χ2v) is 6.26. The Balaban J connectivity index is 1.99. The van der Waals surface area contributed by atoms with Crippen LogP contribution in [0.25, 0.3) is 0 Å². The van der Waals surface area contributed by atoms with Crippen molar-refractivity contribution < 1.29 is 4.39 Å². The van der Waals surface area contributed by atoms with E-state index in [0.717, 1.165) is 17.6 Å². The topological polar surface area (TPSA) is 15.3 Å². The summed E-state index contributed by atoms with van der Waals surface area (Å²) in [6.45, 7) is 2.15. The zero-order valence-electron chi connectivity index (χ0n) is 12.4. The molecule has 4 heteroatoms.